The zero-order valence-corrected chi connectivity index (χ0v) is 16.6. The molecule has 0 unspecified atom stereocenters. The number of nitro benzene ring substituents is 1. The molecule has 3 rings (SSSR count). The zero-order chi connectivity index (χ0) is 20.6. The summed E-state index contributed by atoms with van der Waals surface area (Å²) in [4.78, 5) is 34.6. The first-order chi connectivity index (χ1) is 13.2. The number of nitrogens with zero attached hydrogens (tertiary/aromatic N) is 3. The van der Waals surface area contributed by atoms with Crippen molar-refractivity contribution in [3.8, 4) is 0 Å². The molecular weight excluding hydrogens is 454 g/mol. The molecule has 0 bridgehead atoms. The van der Waals surface area contributed by atoms with Crippen molar-refractivity contribution >= 4 is 62.6 Å². The van der Waals surface area contributed by atoms with Crippen LogP contribution in [-0.2, 0) is 4.79 Å². The number of hydrazone groups is 1. The number of anilines is 1. The van der Waals surface area contributed by atoms with Gasteiger partial charge in [-0.05, 0) is 58.8 Å². The second kappa shape index (κ2) is 7.53. The van der Waals surface area contributed by atoms with Crippen LogP contribution in [0.5, 0.6) is 0 Å². The first kappa shape index (κ1) is 19.7. The second-order valence-electron chi connectivity index (χ2n) is 5.80. The lowest BCUT2D eigenvalue weighted by molar-refractivity contribution is -0.385. The molecule has 1 aliphatic heterocycles. The number of hydrogen-bond acceptors (Lipinski definition) is 5. The average molecular weight is 465 g/mol. The normalized spacial score (nSPS) is 15.1. The standard InChI is InChI=1S/C18H11BrClN3O5/c1-9-12(6-10-2-4-14(19)16(7-10)23(27)28)17(24)22(21-9)11-3-5-15(20)13(8-11)18(25)26/h2-8H,1H3,(H,25,26)/b12-6-. The maximum Gasteiger partial charge on any atom is 0.337 e. The van der Waals surface area contributed by atoms with Crippen LogP contribution in [0.4, 0.5) is 11.4 Å². The van der Waals surface area contributed by atoms with Crippen LogP contribution in [0.25, 0.3) is 6.08 Å². The summed E-state index contributed by atoms with van der Waals surface area (Å²) in [6.45, 7) is 1.62. The van der Waals surface area contributed by atoms with Crippen molar-refractivity contribution in [2.45, 2.75) is 6.92 Å². The van der Waals surface area contributed by atoms with Crippen LogP contribution in [0.2, 0.25) is 5.02 Å². The van der Waals surface area contributed by atoms with Gasteiger partial charge in [0, 0.05) is 6.07 Å². The van der Waals surface area contributed by atoms with Gasteiger partial charge < -0.3 is 5.11 Å². The molecule has 8 nitrogen and oxygen atoms in total. The summed E-state index contributed by atoms with van der Waals surface area (Å²) in [6, 6.07) is 8.59. The highest BCUT2D eigenvalue weighted by atomic mass is 79.9. The van der Waals surface area contributed by atoms with E-state index in [1.165, 1.54) is 36.4 Å². The predicted octanol–water partition coefficient (Wildman–Crippen LogP) is 4.52. The van der Waals surface area contributed by atoms with E-state index in [-0.39, 0.29) is 27.5 Å². The minimum absolute atomic E-state index is 0.0431. The van der Waals surface area contributed by atoms with Gasteiger partial charge in [0.2, 0.25) is 0 Å². The third-order valence-corrected chi connectivity index (χ3v) is 4.97. The van der Waals surface area contributed by atoms with E-state index in [9.17, 15) is 24.8 Å². The van der Waals surface area contributed by atoms with Crippen LogP contribution in [0.3, 0.4) is 0 Å². The Hall–Kier alpha value is -3.04. The van der Waals surface area contributed by atoms with Gasteiger partial charge in [-0.1, -0.05) is 17.7 Å². The van der Waals surface area contributed by atoms with E-state index in [0.29, 0.717) is 15.7 Å². The molecule has 1 heterocycles. The largest absolute Gasteiger partial charge is 0.478 e. The first-order valence-corrected chi connectivity index (χ1v) is 8.94. The highest BCUT2D eigenvalue weighted by molar-refractivity contribution is 9.10. The molecular formula is C18H11BrClN3O5. The number of halogens is 2. The number of carboxylic acid groups (broad SMARTS) is 1. The lowest BCUT2D eigenvalue weighted by Crippen LogP contribution is -2.21. The summed E-state index contributed by atoms with van der Waals surface area (Å²) in [5.74, 6) is -1.71. The second-order valence-corrected chi connectivity index (χ2v) is 7.06. The highest BCUT2D eigenvalue weighted by Gasteiger charge is 2.29. The highest BCUT2D eigenvalue weighted by Crippen LogP contribution is 2.30. The summed E-state index contributed by atoms with van der Waals surface area (Å²) in [7, 11) is 0. The number of nitro groups is 1. The number of aromatic carboxylic acids is 1. The first-order valence-electron chi connectivity index (χ1n) is 7.77. The van der Waals surface area contributed by atoms with Crippen molar-refractivity contribution in [1.29, 1.82) is 0 Å². The number of benzene rings is 2. The maximum atomic E-state index is 12.8. The van der Waals surface area contributed by atoms with Gasteiger partial charge in [-0.2, -0.15) is 10.1 Å². The Morgan fingerprint density at radius 1 is 1.32 bits per heavy atom. The zero-order valence-electron chi connectivity index (χ0n) is 14.2. The Bertz CT molecular complexity index is 1100. The van der Waals surface area contributed by atoms with Gasteiger partial charge in [0.1, 0.15) is 0 Å². The number of rotatable bonds is 4. The van der Waals surface area contributed by atoms with Crippen LogP contribution in [0.1, 0.15) is 22.8 Å². The van der Waals surface area contributed by atoms with Gasteiger partial charge >= 0.3 is 5.97 Å². The summed E-state index contributed by atoms with van der Waals surface area (Å²) < 4.78 is 0.326. The van der Waals surface area contributed by atoms with Crippen LogP contribution < -0.4 is 5.01 Å². The summed E-state index contributed by atoms with van der Waals surface area (Å²) >= 11 is 8.97. The van der Waals surface area contributed by atoms with Crippen molar-refractivity contribution < 1.29 is 19.6 Å². The molecule has 0 saturated carbocycles. The molecule has 10 heteroatoms. The van der Waals surface area contributed by atoms with E-state index < -0.39 is 16.8 Å². The van der Waals surface area contributed by atoms with E-state index >= 15 is 0 Å². The fourth-order valence-corrected chi connectivity index (χ4v) is 3.18. The average Bonchev–Trinajstić information content (AvgIpc) is 2.91. The van der Waals surface area contributed by atoms with Gasteiger partial charge in [-0.15, -0.1) is 0 Å². The van der Waals surface area contributed by atoms with Crippen LogP contribution in [-0.4, -0.2) is 27.6 Å². The number of carbonyl (C=O) groups is 2. The molecule has 1 amide bonds. The fraction of sp³-hybridized carbons (Fsp3) is 0.0556. The predicted molar refractivity (Wildman–Crippen MR) is 108 cm³/mol. The van der Waals surface area contributed by atoms with Crippen LogP contribution in [0.15, 0.2) is 51.5 Å². The fourth-order valence-electron chi connectivity index (χ4n) is 2.59. The molecule has 0 aromatic heterocycles. The Labute approximate surface area is 172 Å². The third-order valence-electron chi connectivity index (χ3n) is 3.97. The summed E-state index contributed by atoms with van der Waals surface area (Å²) in [5, 5.41) is 25.6. The smallest absolute Gasteiger partial charge is 0.337 e. The molecule has 1 aliphatic rings. The number of carboxylic acids is 1. The van der Waals surface area contributed by atoms with Gasteiger partial charge in [0.15, 0.2) is 0 Å². The lowest BCUT2D eigenvalue weighted by atomic mass is 10.1. The third kappa shape index (κ3) is 3.67. The van der Waals surface area contributed by atoms with Crippen molar-refractivity contribution in [3.63, 3.8) is 0 Å². The molecule has 2 aromatic carbocycles. The van der Waals surface area contributed by atoms with E-state index in [1.807, 2.05) is 0 Å². The SMILES string of the molecule is CC1=NN(c2ccc(Cl)c(C(=O)O)c2)C(=O)/C1=C\c1ccc(Br)c([N+](=O)[O-])c1. The Kier molecular flexibility index (Phi) is 5.30. The van der Waals surface area contributed by atoms with Crippen LogP contribution in [0, 0.1) is 10.1 Å². The minimum atomic E-state index is -1.22. The number of amides is 1. The van der Waals surface area contributed by atoms with E-state index in [4.69, 9.17) is 11.6 Å². The number of hydrogen-bond donors (Lipinski definition) is 1. The van der Waals surface area contributed by atoms with E-state index in [0.717, 1.165) is 5.01 Å². The minimum Gasteiger partial charge on any atom is -0.478 e. The summed E-state index contributed by atoms with van der Waals surface area (Å²) in [6.07, 6.45) is 1.49. The molecule has 142 valence electrons. The topological polar surface area (TPSA) is 113 Å². The van der Waals surface area contributed by atoms with Crippen molar-refractivity contribution in [3.05, 3.63) is 72.7 Å². The molecule has 0 radical (unpaired) electrons. The van der Waals surface area contributed by atoms with E-state index in [2.05, 4.69) is 21.0 Å². The summed E-state index contributed by atoms with van der Waals surface area (Å²) in [5.41, 5.74) is 1.05. The van der Waals surface area contributed by atoms with Crippen molar-refractivity contribution in [1.82, 2.24) is 0 Å². The van der Waals surface area contributed by atoms with E-state index in [1.54, 1.807) is 13.0 Å². The lowest BCUT2D eigenvalue weighted by Gasteiger charge is -2.13. The molecule has 0 atom stereocenters. The molecule has 1 N–H and O–H groups in total. The molecule has 0 spiro atoms. The van der Waals surface area contributed by atoms with Crippen LogP contribution >= 0.6 is 27.5 Å². The van der Waals surface area contributed by atoms with Gasteiger partial charge in [0.05, 0.1) is 37.0 Å². The number of carbonyl (C=O) groups excluding carboxylic acids is 1. The Morgan fingerprint density at radius 3 is 2.68 bits per heavy atom. The monoisotopic (exact) mass is 463 g/mol. The Morgan fingerprint density at radius 2 is 2.04 bits per heavy atom. The quantitative estimate of drug-likeness (QED) is 0.406. The van der Waals surface area contributed by atoms with Gasteiger partial charge in [-0.25, -0.2) is 4.79 Å². The molecule has 0 saturated heterocycles. The molecule has 2 aromatic rings. The molecule has 0 fully saturated rings. The molecule has 0 aliphatic carbocycles. The van der Waals surface area contributed by atoms with Crippen molar-refractivity contribution in [2.75, 3.05) is 5.01 Å². The van der Waals surface area contributed by atoms with Crippen molar-refractivity contribution in [2.24, 2.45) is 5.10 Å². The molecule has 28 heavy (non-hydrogen) atoms. The maximum absolute atomic E-state index is 12.8. The van der Waals surface area contributed by atoms with Gasteiger partial charge in [-0.3, -0.25) is 14.9 Å². The van der Waals surface area contributed by atoms with Gasteiger partial charge in [0.25, 0.3) is 11.6 Å². The Balaban J connectivity index is 1.99.